The Bertz CT molecular complexity index is 622. The zero-order valence-electron chi connectivity index (χ0n) is 12.8. The molecule has 1 aliphatic heterocycles. The first-order valence-electron chi connectivity index (χ1n) is 7.87. The van der Waals surface area contributed by atoms with Gasteiger partial charge in [0.2, 0.25) is 0 Å². The molecule has 0 spiro atoms. The number of benzene rings is 1. The Kier molecular flexibility index (Phi) is 5.25. The summed E-state index contributed by atoms with van der Waals surface area (Å²) >= 11 is 6.00. The molecule has 1 aromatic heterocycles. The monoisotopic (exact) mass is 333 g/mol. The Morgan fingerprint density at radius 1 is 1.26 bits per heavy atom. The molecule has 3 rings (SSSR count). The van der Waals surface area contributed by atoms with Crippen molar-refractivity contribution in [3.63, 3.8) is 0 Å². The lowest BCUT2D eigenvalue weighted by Gasteiger charge is -2.35. The number of piperidine rings is 1. The van der Waals surface area contributed by atoms with Crippen LogP contribution in [-0.4, -0.2) is 45.9 Å². The predicted molar refractivity (Wildman–Crippen MR) is 88.3 cm³/mol. The summed E-state index contributed by atoms with van der Waals surface area (Å²) in [5, 5.41) is 13.6. The van der Waals surface area contributed by atoms with Crippen molar-refractivity contribution in [3.8, 4) is 0 Å². The number of carbonyl (C=O) groups excluding carboxylic acids is 1. The first-order valence-corrected chi connectivity index (χ1v) is 8.25. The number of nitrogens with one attached hydrogen (secondary N) is 2. The average Bonchev–Trinajstić information content (AvgIpc) is 3.12. The minimum atomic E-state index is -0.213. The molecule has 0 unspecified atom stereocenters. The van der Waals surface area contributed by atoms with Gasteiger partial charge < -0.3 is 5.32 Å². The summed E-state index contributed by atoms with van der Waals surface area (Å²) in [4.78, 5) is 14.5. The Hall–Kier alpha value is -1.92. The smallest absolute Gasteiger partial charge is 0.273 e. The van der Waals surface area contributed by atoms with Crippen LogP contribution >= 0.6 is 11.6 Å². The predicted octanol–water partition coefficient (Wildman–Crippen LogP) is 2.42. The highest BCUT2D eigenvalue weighted by molar-refractivity contribution is 6.30. The van der Waals surface area contributed by atoms with E-state index in [-0.39, 0.29) is 11.9 Å². The van der Waals surface area contributed by atoms with E-state index in [4.69, 9.17) is 11.6 Å². The zero-order valence-corrected chi connectivity index (χ0v) is 13.6. The van der Waals surface area contributed by atoms with Crippen LogP contribution in [-0.2, 0) is 0 Å². The van der Waals surface area contributed by atoms with Gasteiger partial charge in [-0.05, 0) is 43.6 Å². The molecular weight excluding hydrogens is 314 g/mol. The standard InChI is InChI=1S/C16H20ClN5O/c17-13-6-4-12(5-7-13)15(22-8-2-1-3-9-22)11-18-16(23)14-10-19-21-20-14/h4-7,10,15H,1-3,8-9,11H2,(H,18,23)(H,19,20,21)/t15-/m0/s1. The molecule has 1 aromatic carbocycles. The van der Waals surface area contributed by atoms with Gasteiger partial charge in [-0.25, -0.2) is 0 Å². The van der Waals surface area contributed by atoms with Crippen molar-refractivity contribution in [2.24, 2.45) is 0 Å². The summed E-state index contributed by atoms with van der Waals surface area (Å²) < 4.78 is 0. The molecule has 2 N–H and O–H groups in total. The van der Waals surface area contributed by atoms with Crippen LogP contribution < -0.4 is 5.32 Å². The van der Waals surface area contributed by atoms with E-state index in [0.29, 0.717) is 12.2 Å². The normalized spacial score (nSPS) is 16.9. The lowest BCUT2D eigenvalue weighted by molar-refractivity contribution is 0.0919. The molecule has 2 aromatic rings. The second-order valence-corrected chi connectivity index (χ2v) is 6.17. The van der Waals surface area contributed by atoms with Crippen LogP contribution in [0.1, 0.15) is 41.4 Å². The second kappa shape index (κ2) is 7.57. The van der Waals surface area contributed by atoms with Crippen LogP contribution in [0.25, 0.3) is 0 Å². The highest BCUT2D eigenvalue weighted by Crippen LogP contribution is 2.25. The highest BCUT2D eigenvalue weighted by atomic mass is 35.5. The van der Waals surface area contributed by atoms with Gasteiger partial charge in [0.1, 0.15) is 0 Å². The van der Waals surface area contributed by atoms with Gasteiger partial charge in [0.15, 0.2) is 5.69 Å². The zero-order chi connectivity index (χ0) is 16.1. The number of amides is 1. The van der Waals surface area contributed by atoms with Gasteiger partial charge in [-0.3, -0.25) is 9.69 Å². The molecule has 0 bridgehead atoms. The third kappa shape index (κ3) is 4.09. The molecule has 2 heterocycles. The van der Waals surface area contributed by atoms with E-state index in [1.165, 1.54) is 25.5 Å². The number of likely N-dealkylation sites (tertiary alicyclic amines) is 1. The molecule has 23 heavy (non-hydrogen) atoms. The first kappa shape index (κ1) is 16.0. The number of carbonyl (C=O) groups is 1. The van der Waals surface area contributed by atoms with Crippen LogP contribution in [0.5, 0.6) is 0 Å². The number of nitrogens with zero attached hydrogens (tertiary/aromatic N) is 3. The minimum absolute atomic E-state index is 0.142. The Labute approximate surface area is 140 Å². The molecule has 7 heteroatoms. The van der Waals surface area contributed by atoms with E-state index in [1.807, 2.05) is 24.3 Å². The number of aromatic amines is 1. The molecule has 6 nitrogen and oxygen atoms in total. The molecule has 1 amide bonds. The lowest BCUT2D eigenvalue weighted by atomic mass is 10.0. The number of hydrogen-bond donors (Lipinski definition) is 2. The number of rotatable bonds is 5. The largest absolute Gasteiger partial charge is 0.349 e. The van der Waals surface area contributed by atoms with Crippen LogP contribution in [0.2, 0.25) is 5.02 Å². The number of halogens is 1. The molecule has 1 aliphatic rings. The summed E-state index contributed by atoms with van der Waals surface area (Å²) in [5.74, 6) is -0.213. The molecule has 0 radical (unpaired) electrons. The van der Waals surface area contributed by atoms with Crippen LogP contribution in [0, 0.1) is 0 Å². The van der Waals surface area contributed by atoms with Crippen molar-refractivity contribution in [1.82, 2.24) is 25.6 Å². The summed E-state index contributed by atoms with van der Waals surface area (Å²) in [5.41, 5.74) is 1.47. The summed E-state index contributed by atoms with van der Waals surface area (Å²) in [6.07, 6.45) is 5.09. The van der Waals surface area contributed by atoms with Gasteiger partial charge in [-0.1, -0.05) is 30.2 Å². The van der Waals surface area contributed by atoms with Crippen molar-refractivity contribution < 1.29 is 4.79 Å². The Balaban J connectivity index is 1.72. The van der Waals surface area contributed by atoms with Gasteiger partial charge in [-0.15, -0.1) is 0 Å². The van der Waals surface area contributed by atoms with Crippen LogP contribution in [0.3, 0.4) is 0 Å². The third-order valence-electron chi connectivity index (χ3n) is 4.19. The maximum Gasteiger partial charge on any atom is 0.273 e. The summed E-state index contributed by atoms with van der Waals surface area (Å²) in [6.45, 7) is 2.63. The fourth-order valence-corrected chi connectivity index (χ4v) is 3.09. The highest BCUT2D eigenvalue weighted by Gasteiger charge is 2.23. The quantitative estimate of drug-likeness (QED) is 0.881. The van der Waals surface area contributed by atoms with Gasteiger partial charge in [-0.2, -0.15) is 15.4 Å². The molecule has 122 valence electrons. The second-order valence-electron chi connectivity index (χ2n) is 5.73. The number of hydrogen-bond acceptors (Lipinski definition) is 4. The van der Waals surface area contributed by atoms with E-state index < -0.39 is 0 Å². The van der Waals surface area contributed by atoms with Gasteiger partial charge in [0.05, 0.1) is 12.2 Å². The Morgan fingerprint density at radius 2 is 2.00 bits per heavy atom. The molecule has 1 saturated heterocycles. The molecule has 1 atom stereocenters. The number of aromatic nitrogens is 3. The van der Waals surface area contributed by atoms with Crippen molar-refractivity contribution in [2.75, 3.05) is 19.6 Å². The lowest BCUT2D eigenvalue weighted by Crippen LogP contribution is -2.40. The molecular formula is C16H20ClN5O. The maximum absolute atomic E-state index is 12.1. The van der Waals surface area contributed by atoms with E-state index in [1.54, 1.807) is 0 Å². The molecule has 0 aliphatic carbocycles. The molecule has 0 saturated carbocycles. The third-order valence-corrected chi connectivity index (χ3v) is 4.44. The average molecular weight is 334 g/mol. The summed E-state index contributed by atoms with van der Waals surface area (Å²) in [6, 6.07) is 8.00. The summed E-state index contributed by atoms with van der Waals surface area (Å²) in [7, 11) is 0. The van der Waals surface area contributed by atoms with Gasteiger partial charge in [0.25, 0.3) is 5.91 Å². The fourth-order valence-electron chi connectivity index (χ4n) is 2.96. The van der Waals surface area contributed by atoms with Crippen molar-refractivity contribution in [1.29, 1.82) is 0 Å². The molecule has 1 fully saturated rings. The van der Waals surface area contributed by atoms with Crippen molar-refractivity contribution in [2.45, 2.75) is 25.3 Å². The SMILES string of the molecule is O=C(NC[C@@H](c1ccc(Cl)cc1)N1CCCCC1)c1cn[nH]n1. The van der Waals surface area contributed by atoms with E-state index >= 15 is 0 Å². The first-order chi connectivity index (χ1) is 11.2. The number of H-pyrrole nitrogens is 1. The van der Waals surface area contributed by atoms with Crippen molar-refractivity contribution in [3.05, 3.63) is 46.7 Å². The maximum atomic E-state index is 12.1. The van der Waals surface area contributed by atoms with Gasteiger partial charge in [0, 0.05) is 11.6 Å². The topological polar surface area (TPSA) is 73.9 Å². The fraction of sp³-hybridized carbons (Fsp3) is 0.438. The van der Waals surface area contributed by atoms with E-state index in [9.17, 15) is 4.79 Å². The Morgan fingerprint density at radius 3 is 2.65 bits per heavy atom. The van der Waals surface area contributed by atoms with E-state index in [2.05, 4.69) is 25.6 Å². The van der Waals surface area contributed by atoms with Crippen LogP contribution in [0.4, 0.5) is 0 Å². The van der Waals surface area contributed by atoms with E-state index in [0.717, 1.165) is 23.7 Å². The van der Waals surface area contributed by atoms with Crippen molar-refractivity contribution >= 4 is 17.5 Å². The van der Waals surface area contributed by atoms with Gasteiger partial charge >= 0.3 is 0 Å². The van der Waals surface area contributed by atoms with Crippen LogP contribution in [0.15, 0.2) is 30.5 Å². The minimum Gasteiger partial charge on any atom is -0.349 e.